The lowest BCUT2D eigenvalue weighted by Gasteiger charge is -2.33. The third-order valence-corrected chi connectivity index (χ3v) is 3.70. The van der Waals surface area contributed by atoms with Gasteiger partial charge in [-0.1, -0.05) is 12.1 Å². The van der Waals surface area contributed by atoms with E-state index in [0.29, 0.717) is 24.4 Å². The summed E-state index contributed by atoms with van der Waals surface area (Å²) in [4.78, 5) is 14.2. The maximum absolute atomic E-state index is 13.0. The zero-order chi connectivity index (χ0) is 15.7. The molecule has 1 aliphatic heterocycles. The molecule has 1 heterocycles. The molecule has 0 spiro atoms. The fraction of sp³-hybridized carbons (Fsp3) is 0.235. The summed E-state index contributed by atoms with van der Waals surface area (Å²) < 4.78 is 18.7. The van der Waals surface area contributed by atoms with Crippen molar-refractivity contribution in [2.45, 2.75) is 19.4 Å². The van der Waals surface area contributed by atoms with Crippen LogP contribution >= 0.6 is 0 Å². The second-order valence-corrected chi connectivity index (χ2v) is 5.17. The molecule has 1 N–H and O–H groups in total. The molecule has 3 rings (SSSR count). The van der Waals surface area contributed by atoms with Crippen LogP contribution < -0.4 is 9.64 Å². The number of hydrogen-bond acceptors (Lipinski definition) is 3. The Balaban J connectivity index is 1.90. The molecule has 1 amide bonds. The maximum atomic E-state index is 13.0. The Morgan fingerprint density at radius 1 is 1.23 bits per heavy atom. The summed E-state index contributed by atoms with van der Waals surface area (Å²) in [5.74, 6) is 0.119. The van der Waals surface area contributed by atoms with Crippen LogP contribution in [0.25, 0.3) is 0 Å². The Kier molecular flexibility index (Phi) is 3.71. The van der Waals surface area contributed by atoms with Crippen molar-refractivity contribution in [3.63, 3.8) is 0 Å². The van der Waals surface area contributed by atoms with Crippen molar-refractivity contribution in [2.75, 3.05) is 11.4 Å². The third-order valence-electron chi connectivity index (χ3n) is 3.70. The Morgan fingerprint density at radius 2 is 1.95 bits per heavy atom. The van der Waals surface area contributed by atoms with E-state index in [1.807, 2.05) is 6.92 Å². The van der Waals surface area contributed by atoms with Crippen LogP contribution in [0.4, 0.5) is 10.1 Å². The minimum absolute atomic E-state index is 0.0877. The summed E-state index contributed by atoms with van der Waals surface area (Å²) in [5.41, 5.74) is 1.47. The van der Waals surface area contributed by atoms with Gasteiger partial charge in [0.05, 0.1) is 5.69 Å². The topological polar surface area (TPSA) is 49.8 Å². The lowest BCUT2D eigenvalue weighted by atomic mass is 10.0. The first-order valence-corrected chi connectivity index (χ1v) is 7.14. The number of anilines is 1. The molecule has 1 atom stereocenters. The van der Waals surface area contributed by atoms with Gasteiger partial charge < -0.3 is 14.7 Å². The van der Waals surface area contributed by atoms with Crippen LogP contribution in [-0.2, 0) is 11.2 Å². The number of phenols is 1. The van der Waals surface area contributed by atoms with Gasteiger partial charge in [-0.2, -0.15) is 0 Å². The normalized spacial score (nSPS) is 17.1. The van der Waals surface area contributed by atoms with Gasteiger partial charge in [-0.3, -0.25) is 4.79 Å². The fourth-order valence-electron chi connectivity index (χ4n) is 2.61. The SMILES string of the molecule is CCN1C(=O)C(Cc2ccc(F)cc2)Oc2cc(O)ccc21. The van der Waals surface area contributed by atoms with E-state index < -0.39 is 6.10 Å². The van der Waals surface area contributed by atoms with E-state index in [2.05, 4.69) is 0 Å². The standard InChI is InChI=1S/C17H16FNO3/c1-2-19-14-8-7-13(20)10-15(14)22-16(17(19)21)9-11-3-5-12(18)6-4-11/h3-8,10,16,20H,2,9H2,1H3. The van der Waals surface area contributed by atoms with Gasteiger partial charge in [0.2, 0.25) is 0 Å². The van der Waals surface area contributed by atoms with E-state index >= 15 is 0 Å². The largest absolute Gasteiger partial charge is 0.508 e. The summed E-state index contributed by atoms with van der Waals surface area (Å²) in [6, 6.07) is 10.7. The van der Waals surface area contributed by atoms with E-state index in [4.69, 9.17) is 4.74 Å². The van der Waals surface area contributed by atoms with Gasteiger partial charge in [-0.15, -0.1) is 0 Å². The lowest BCUT2D eigenvalue weighted by Crippen LogP contribution is -2.46. The molecule has 0 aliphatic carbocycles. The molecule has 0 saturated heterocycles. The Bertz CT molecular complexity index is 700. The summed E-state index contributed by atoms with van der Waals surface area (Å²) in [6.45, 7) is 2.40. The molecule has 2 aromatic carbocycles. The summed E-state index contributed by atoms with van der Waals surface area (Å²) >= 11 is 0. The number of ether oxygens (including phenoxy) is 1. The highest BCUT2D eigenvalue weighted by Crippen LogP contribution is 2.37. The minimum Gasteiger partial charge on any atom is -0.508 e. The number of rotatable bonds is 3. The van der Waals surface area contributed by atoms with Gasteiger partial charge in [-0.25, -0.2) is 4.39 Å². The van der Waals surface area contributed by atoms with Crippen LogP contribution in [0.2, 0.25) is 0 Å². The number of carbonyl (C=O) groups is 1. The van der Waals surface area contributed by atoms with Crippen molar-refractivity contribution in [3.05, 3.63) is 53.8 Å². The summed E-state index contributed by atoms with van der Waals surface area (Å²) in [7, 11) is 0. The molecule has 0 saturated carbocycles. The highest BCUT2D eigenvalue weighted by Gasteiger charge is 2.33. The number of hydrogen-bond donors (Lipinski definition) is 1. The Hall–Kier alpha value is -2.56. The first-order chi connectivity index (χ1) is 10.6. The van der Waals surface area contributed by atoms with Gasteiger partial charge >= 0.3 is 0 Å². The van der Waals surface area contributed by atoms with E-state index in [-0.39, 0.29) is 17.5 Å². The average molecular weight is 301 g/mol. The smallest absolute Gasteiger partial charge is 0.268 e. The molecule has 22 heavy (non-hydrogen) atoms. The quantitative estimate of drug-likeness (QED) is 0.948. The van der Waals surface area contributed by atoms with Gasteiger partial charge in [0.1, 0.15) is 17.3 Å². The van der Waals surface area contributed by atoms with Crippen molar-refractivity contribution in [1.82, 2.24) is 0 Å². The molecule has 1 unspecified atom stereocenters. The molecular weight excluding hydrogens is 285 g/mol. The number of likely N-dealkylation sites (N-methyl/N-ethyl adjacent to an activating group) is 1. The first kappa shape index (κ1) is 14.4. The number of phenolic OH excluding ortho intramolecular Hbond substituents is 1. The van der Waals surface area contributed by atoms with Crippen LogP contribution in [0.5, 0.6) is 11.5 Å². The average Bonchev–Trinajstić information content (AvgIpc) is 2.50. The number of benzene rings is 2. The van der Waals surface area contributed by atoms with E-state index in [0.717, 1.165) is 5.56 Å². The highest BCUT2D eigenvalue weighted by molar-refractivity contribution is 6.00. The van der Waals surface area contributed by atoms with Crippen molar-refractivity contribution in [2.24, 2.45) is 0 Å². The monoisotopic (exact) mass is 301 g/mol. The minimum atomic E-state index is -0.681. The first-order valence-electron chi connectivity index (χ1n) is 7.14. The van der Waals surface area contributed by atoms with Gasteiger partial charge in [0.25, 0.3) is 5.91 Å². The fourth-order valence-corrected chi connectivity index (χ4v) is 2.61. The van der Waals surface area contributed by atoms with Crippen LogP contribution in [0.1, 0.15) is 12.5 Å². The number of aromatic hydroxyl groups is 1. The molecule has 0 aromatic heterocycles. The predicted octanol–water partition coefficient (Wildman–Crippen LogP) is 2.89. The van der Waals surface area contributed by atoms with Gasteiger partial charge in [0, 0.05) is 19.0 Å². The lowest BCUT2D eigenvalue weighted by molar-refractivity contribution is -0.126. The van der Waals surface area contributed by atoms with Gasteiger partial charge in [-0.05, 0) is 36.8 Å². The molecule has 4 nitrogen and oxygen atoms in total. The molecule has 1 aliphatic rings. The van der Waals surface area contributed by atoms with Crippen molar-refractivity contribution < 1.29 is 19.0 Å². The van der Waals surface area contributed by atoms with Crippen molar-refractivity contribution in [3.8, 4) is 11.5 Å². The molecular formula is C17H16FNO3. The molecule has 5 heteroatoms. The molecule has 0 bridgehead atoms. The Morgan fingerprint density at radius 3 is 2.64 bits per heavy atom. The van der Waals surface area contributed by atoms with Crippen molar-refractivity contribution >= 4 is 11.6 Å². The zero-order valence-electron chi connectivity index (χ0n) is 12.1. The Labute approximate surface area is 127 Å². The number of carbonyl (C=O) groups excluding carboxylic acids is 1. The van der Waals surface area contributed by atoms with Crippen LogP contribution in [0, 0.1) is 5.82 Å². The van der Waals surface area contributed by atoms with Gasteiger partial charge in [0.15, 0.2) is 6.10 Å². The van der Waals surface area contributed by atoms with Crippen molar-refractivity contribution in [1.29, 1.82) is 0 Å². The van der Waals surface area contributed by atoms with E-state index in [1.54, 1.807) is 23.1 Å². The molecule has 0 radical (unpaired) electrons. The molecule has 114 valence electrons. The third kappa shape index (κ3) is 2.62. The summed E-state index contributed by atoms with van der Waals surface area (Å²) in [6.07, 6.45) is -0.329. The number of nitrogens with zero attached hydrogens (tertiary/aromatic N) is 1. The second kappa shape index (κ2) is 5.67. The molecule has 2 aromatic rings. The maximum Gasteiger partial charge on any atom is 0.268 e. The number of amides is 1. The predicted molar refractivity (Wildman–Crippen MR) is 80.7 cm³/mol. The van der Waals surface area contributed by atoms with E-state index in [1.165, 1.54) is 24.3 Å². The zero-order valence-corrected chi connectivity index (χ0v) is 12.1. The van der Waals surface area contributed by atoms with Crippen LogP contribution in [0.15, 0.2) is 42.5 Å². The summed E-state index contributed by atoms with van der Waals surface area (Å²) in [5, 5.41) is 9.59. The number of fused-ring (bicyclic) bond motifs is 1. The van der Waals surface area contributed by atoms with Crippen LogP contribution in [-0.4, -0.2) is 23.7 Å². The highest BCUT2D eigenvalue weighted by atomic mass is 19.1. The van der Waals surface area contributed by atoms with Crippen LogP contribution in [0.3, 0.4) is 0 Å². The molecule has 0 fully saturated rings. The second-order valence-electron chi connectivity index (χ2n) is 5.17. The number of halogens is 1. The van der Waals surface area contributed by atoms with E-state index in [9.17, 15) is 14.3 Å².